The Hall–Kier alpha value is -2.56. The molecule has 0 spiro atoms. The first-order chi connectivity index (χ1) is 19.9. The Morgan fingerprint density at radius 3 is 1.31 bits per heavy atom. The molecular weight excluding hydrogens is 559 g/mol. The van der Waals surface area contributed by atoms with Gasteiger partial charge in [0.15, 0.2) is 0 Å². The number of unbranched alkanes of at least 4 members (excludes halogenated alkanes) is 7. The molecule has 0 saturated carbocycles. The number of anilines is 2. The zero-order chi connectivity index (χ0) is 27.0. The van der Waals surface area contributed by atoms with Crippen molar-refractivity contribution < 1.29 is 0 Å². The SMILES string of the molecule is Cl.Cl.c1ccc2c(NCCCCCCCCCCNc3c4c(nc5ccccc35)CCCC4)c3c(nc2c1)CCCC3. The highest BCUT2D eigenvalue weighted by Crippen LogP contribution is 2.34. The standard InChI is InChI=1S/C36H46N4.2ClH/c1(3-5-15-25-37-35-27-17-7-11-21-31(27)39-32-22-12-8-18-28(32)35)2-4-6-16-26-38-36-29-19-9-13-23-33(29)40-34-24-14-10-20-30(34)36;;/h7,9,11,13,17,19,21,23H,1-6,8,10,12,14-16,18,20,22,24-26H2,(H,37,39)(H,38,40);2*1H. The lowest BCUT2D eigenvalue weighted by Gasteiger charge is -2.21. The van der Waals surface area contributed by atoms with Crippen molar-refractivity contribution in [1.82, 2.24) is 9.97 Å². The van der Waals surface area contributed by atoms with Crippen LogP contribution in [0, 0.1) is 0 Å². The molecule has 2 aromatic heterocycles. The van der Waals surface area contributed by atoms with Crippen LogP contribution in [0.2, 0.25) is 0 Å². The van der Waals surface area contributed by atoms with E-state index >= 15 is 0 Å². The number of benzene rings is 2. The number of aryl methyl sites for hydroxylation is 2. The van der Waals surface area contributed by atoms with Gasteiger partial charge in [-0.2, -0.15) is 0 Å². The molecule has 0 unspecified atom stereocenters. The fourth-order valence-corrected chi connectivity index (χ4v) is 6.89. The zero-order valence-electron chi connectivity index (χ0n) is 25.1. The minimum absolute atomic E-state index is 0. The first-order valence-electron chi connectivity index (χ1n) is 16.2. The number of para-hydroxylation sites is 2. The predicted molar refractivity (Wildman–Crippen MR) is 185 cm³/mol. The van der Waals surface area contributed by atoms with Gasteiger partial charge in [0.05, 0.1) is 11.0 Å². The number of aromatic nitrogens is 2. The number of halogens is 2. The monoisotopic (exact) mass is 606 g/mol. The largest absolute Gasteiger partial charge is 0.384 e. The minimum atomic E-state index is 0. The summed E-state index contributed by atoms with van der Waals surface area (Å²) in [6.07, 6.45) is 20.3. The molecule has 6 rings (SSSR count). The van der Waals surface area contributed by atoms with Gasteiger partial charge in [0.25, 0.3) is 0 Å². The van der Waals surface area contributed by atoms with Gasteiger partial charge in [-0.1, -0.05) is 74.9 Å². The van der Waals surface area contributed by atoms with Crippen molar-refractivity contribution in [2.75, 3.05) is 23.7 Å². The molecule has 6 heteroatoms. The van der Waals surface area contributed by atoms with Gasteiger partial charge >= 0.3 is 0 Å². The summed E-state index contributed by atoms with van der Waals surface area (Å²) >= 11 is 0. The lowest BCUT2D eigenvalue weighted by Crippen LogP contribution is -2.12. The number of nitrogens with one attached hydrogen (secondary N) is 2. The Kier molecular flexibility index (Phi) is 12.6. The maximum absolute atomic E-state index is 4.98. The van der Waals surface area contributed by atoms with Crippen molar-refractivity contribution >= 4 is 58.0 Å². The molecule has 0 radical (unpaired) electrons. The van der Waals surface area contributed by atoms with Crippen LogP contribution < -0.4 is 10.6 Å². The van der Waals surface area contributed by atoms with Crippen LogP contribution in [-0.2, 0) is 25.7 Å². The molecule has 0 bridgehead atoms. The first kappa shape index (κ1) is 32.4. The van der Waals surface area contributed by atoms with Crippen LogP contribution in [-0.4, -0.2) is 23.1 Å². The predicted octanol–water partition coefficient (Wildman–Crippen LogP) is 10.0. The van der Waals surface area contributed by atoms with Gasteiger partial charge in [0, 0.05) is 46.6 Å². The van der Waals surface area contributed by atoms with Gasteiger partial charge in [0.2, 0.25) is 0 Å². The number of pyridine rings is 2. The summed E-state index contributed by atoms with van der Waals surface area (Å²) in [5, 5.41) is 10.3. The summed E-state index contributed by atoms with van der Waals surface area (Å²) in [4.78, 5) is 9.96. The number of hydrogen-bond acceptors (Lipinski definition) is 4. The molecule has 4 aromatic rings. The topological polar surface area (TPSA) is 49.8 Å². The average molecular weight is 608 g/mol. The molecule has 2 aromatic carbocycles. The highest BCUT2D eigenvalue weighted by atomic mass is 35.5. The zero-order valence-corrected chi connectivity index (χ0v) is 26.7. The van der Waals surface area contributed by atoms with Crippen LogP contribution >= 0.6 is 24.8 Å². The van der Waals surface area contributed by atoms with Crippen molar-refractivity contribution in [3.8, 4) is 0 Å². The highest BCUT2D eigenvalue weighted by Gasteiger charge is 2.19. The number of nitrogens with zero attached hydrogens (tertiary/aromatic N) is 2. The van der Waals surface area contributed by atoms with E-state index in [0.29, 0.717) is 0 Å². The molecule has 0 amide bonds. The van der Waals surface area contributed by atoms with Crippen LogP contribution in [0.5, 0.6) is 0 Å². The molecule has 2 aliphatic rings. The molecule has 4 nitrogen and oxygen atoms in total. The minimum Gasteiger partial charge on any atom is -0.384 e. The third-order valence-corrected chi connectivity index (χ3v) is 9.05. The van der Waals surface area contributed by atoms with Crippen LogP contribution in [0.4, 0.5) is 11.4 Å². The van der Waals surface area contributed by atoms with E-state index in [1.807, 2.05) is 0 Å². The molecule has 0 fully saturated rings. The van der Waals surface area contributed by atoms with E-state index in [2.05, 4.69) is 59.2 Å². The fourth-order valence-electron chi connectivity index (χ4n) is 6.89. The van der Waals surface area contributed by atoms with Crippen molar-refractivity contribution in [2.45, 2.75) is 103 Å². The maximum atomic E-state index is 4.98. The van der Waals surface area contributed by atoms with Gasteiger partial charge in [-0.15, -0.1) is 24.8 Å². The van der Waals surface area contributed by atoms with Crippen LogP contribution in [0.15, 0.2) is 48.5 Å². The van der Waals surface area contributed by atoms with Crippen molar-refractivity contribution in [1.29, 1.82) is 0 Å². The second-order valence-corrected chi connectivity index (χ2v) is 12.0. The van der Waals surface area contributed by atoms with Crippen LogP contribution in [0.25, 0.3) is 21.8 Å². The Morgan fingerprint density at radius 2 is 0.857 bits per heavy atom. The van der Waals surface area contributed by atoms with Crippen molar-refractivity contribution in [3.63, 3.8) is 0 Å². The second kappa shape index (κ2) is 16.3. The van der Waals surface area contributed by atoms with Crippen molar-refractivity contribution in [3.05, 3.63) is 71.0 Å². The van der Waals surface area contributed by atoms with Gasteiger partial charge in [-0.3, -0.25) is 9.97 Å². The van der Waals surface area contributed by atoms with Crippen LogP contribution in [0.3, 0.4) is 0 Å². The van der Waals surface area contributed by atoms with Gasteiger partial charge in [0.1, 0.15) is 0 Å². The fraction of sp³-hybridized carbons (Fsp3) is 0.500. The molecule has 0 aliphatic heterocycles. The molecule has 42 heavy (non-hydrogen) atoms. The van der Waals surface area contributed by atoms with E-state index in [1.165, 1.54) is 135 Å². The molecule has 0 atom stereocenters. The van der Waals surface area contributed by atoms with Gasteiger partial charge in [-0.25, -0.2) is 0 Å². The summed E-state index contributed by atoms with van der Waals surface area (Å²) in [5.74, 6) is 0. The summed E-state index contributed by atoms with van der Waals surface area (Å²) < 4.78 is 0. The summed E-state index contributed by atoms with van der Waals surface area (Å²) in [7, 11) is 0. The lowest BCUT2D eigenvalue weighted by atomic mass is 9.92. The summed E-state index contributed by atoms with van der Waals surface area (Å²) in [6.45, 7) is 2.14. The number of rotatable bonds is 13. The van der Waals surface area contributed by atoms with E-state index in [4.69, 9.17) is 9.97 Å². The first-order valence-corrected chi connectivity index (χ1v) is 16.2. The molecule has 2 N–H and O–H groups in total. The van der Waals surface area contributed by atoms with E-state index in [-0.39, 0.29) is 24.8 Å². The van der Waals surface area contributed by atoms with Crippen LogP contribution in [0.1, 0.15) is 99.6 Å². The molecule has 226 valence electrons. The Balaban J connectivity index is 0.00000202. The van der Waals surface area contributed by atoms with Gasteiger partial charge in [-0.05, 0) is 87.5 Å². The maximum Gasteiger partial charge on any atom is 0.0726 e. The third kappa shape index (κ3) is 7.68. The quantitative estimate of drug-likeness (QED) is 0.149. The Labute approximate surface area is 264 Å². The van der Waals surface area contributed by atoms with E-state index < -0.39 is 0 Å². The lowest BCUT2D eigenvalue weighted by molar-refractivity contribution is 0.577. The molecule has 2 aliphatic carbocycles. The third-order valence-electron chi connectivity index (χ3n) is 9.05. The highest BCUT2D eigenvalue weighted by molar-refractivity contribution is 5.94. The second-order valence-electron chi connectivity index (χ2n) is 12.0. The molecule has 2 heterocycles. The normalized spacial score (nSPS) is 14.0. The number of fused-ring (bicyclic) bond motifs is 4. The van der Waals surface area contributed by atoms with Crippen molar-refractivity contribution in [2.24, 2.45) is 0 Å². The Morgan fingerprint density at radius 1 is 0.476 bits per heavy atom. The molecule has 0 saturated heterocycles. The average Bonchev–Trinajstić information content (AvgIpc) is 3.00. The van der Waals surface area contributed by atoms with E-state index in [0.717, 1.165) is 37.0 Å². The smallest absolute Gasteiger partial charge is 0.0726 e. The molecular formula is C36H48Cl2N4. The Bertz CT molecular complexity index is 1330. The summed E-state index contributed by atoms with van der Waals surface area (Å²) in [5.41, 5.74) is 10.7. The number of hydrogen-bond donors (Lipinski definition) is 2. The summed E-state index contributed by atoms with van der Waals surface area (Å²) in [6, 6.07) is 17.3. The van der Waals surface area contributed by atoms with Gasteiger partial charge < -0.3 is 10.6 Å². The van der Waals surface area contributed by atoms with E-state index in [1.54, 1.807) is 0 Å². The van der Waals surface area contributed by atoms with E-state index in [9.17, 15) is 0 Å².